The third kappa shape index (κ3) is 4.08. The molecule has 0 spiro atoms. The molecule has 4 rings (SSSR count). The summed E-state index contributed by atoms with van der Waals surface area (Å²) in [5, 5.41) is 19.0. The van der Waals surface area contributed by atoms with Gasteiger partial charge in [0.25, 0.3) is 11.5 Å². The van der Waals surface area contributed by atoms with Crippen molar-refractivity contribution in [3.05, 3.63) is 75.3 Å². The second kappa shape index (κ2) is 8.49. The first kappa shape index (κ1) is 20.4. The number of aryl methyl sites for hydroxylation is 2. The molecule has 3 N–H and O–H groups in total. The quantitative estimate of drug-likeness (QED) is 0.424. The minimum absolute atomic E-state index is 0.0416. The molecule has 0 aliphatic carbocycles. The summed E-state index contributed by atoms with van der Waals surface area (Å²) in [6, 6.07) is 11.6. The monoisotopic (exact) mass is 439 g/mol. The molecule has 2 heterocycles. The van der Waals surface area contributed by atoms with Gasteiger partial charge in [-0.05, 0) is 36.2 Å². The highest BCUT2D eigenvalue weighted by Crippen LogP contribution is 2.24. The summed E-state index contributed by atoms with van der Waals surface area (Å²) in [5.41, 5.74) is 1.09. The van der Waals surface area contributed by atoms with Gasteiger partial charge in [0.1, 0.15) is 16.9 Å². The Morgan fingerprint density at radius 1 is 1.29 bits per heavy atom. The van der Waals surface area contributed by atoms with Crippen LogP contribution in [0.15, 0.2) is 53.6 Å². The van der Waals surface area contributed by atoms with Crippen molar-refractivity contribution in [1.82, 2.24) is 19.7 Å². The molecule has 2 aromatic heterocycles. The molecule has 10 heteroatoms. The van der Waals surface area contributed by atoms with Crippen molar-refractivity contribution >= 4 is 34.4 Å². The Morgan fingerprint density at radius 3 is 2.87 bits per heavy atom. The maximum absolute atomic E-state index is 13.0. The topological polar surface area (TPSA) is 122 Å². The Kier molecular flexibility index (Phi) is 5.59. The number of aromatic amines is 1. The molecule has 1 amide bonds. The Bertz CT molecular complexity index is 1330. The molecule has 0 saturated heterocycles. The summed E-state index contributed by atoms with van der Waals surface area (Å²) >= 11 is 5.86. The van der Waals surface area contributed by atoms with Crippen molar-refractivity contribution in [3.8, 4) is 11.5 Å². The fourth-order valence-corrected chi connectivity index (χ4v) is 3.36. The van der Waals surface area contributed by atoms with Crippen LogP contribution in [0.4, 0.5) is 5.82 Å². The molecule has 0 radical (unpaired) electrons. The van der Waals surface area contributed by atoms with Gasteiger partial charge in [-0.15, -0.1) is 0 Å². The number of aromatic hydroxyl groups is 1. The lowest BCUT2D eigenvalue weighted by molar-refractivity contribution is 0.102. The minimum Gasteiger partial charge on any atom is -0.506 e. The van der Waals surface area contributed by atoms with Crippen molar-refractivity contribution in [3.63, 3.8) is 0 Å². The maximum Gasteiger partial charge on any atom is 0.266 e. The van der Waals surface area contributed by atoms with Gasteiger partial charge in [-0.2, -0.15) is 5.10 Å². The molecule has 0 aliphatic heterocycles. The zero-order valence-electron chi connectivity index (χ0n) is 16.4. The van der Waals surface area contributed by atoms with Gasteiger partial charge in [0.2, 0.25) is 0 Å². The van der Waals surface area contributed by atoms with Gasteiger partial charge < -0.3 is 15.2 Å². The first-order valence-electron chi connectivity index (χ1n) is 9.33. The van der Waals surface area contributed by atoms with E-state index in [1.54, 1.807) is 7.11 Å². The number of carbonyl (C=O) groups is 1. The number of carbonyl (C=O) groups excluding carboxylic acids is 1. The molecular formula is C21H18ClN5O4. The van der Waals surface area contributed by atoms with Crippen LogP contribution in [0.3, 0.4) is 0 Å². The van der Waals surface area contributed by atoms with Crippen molar-refractivity contribution in [2.45, 2.75) is 13.0 Å². The predicted molar refractivity (Wildman–Crippen MR) is 116 cm³/mol. The summed E-state index contributed by atoms with van der Waals surface area (Å²) in [4.78, 5) is 29.8. The number of nitrogens with zero attached hydrogens (tertiary/aromatic N) is 3. The number of aromatic nitrogens is 4. The summed E-state index contributed by atoms with van der Waals surface area (Å²) in [6.45, 7) is 0.369. The van der Waals surface area contributed by atoms with Gasteiger partial charge >= 0.3 is 0 Å². The van der Waals surface area contributed by atoms with Crippen LogP contribution in [0, 0.1) is 0 Å². The highest BCUT2D eigenvalue weighted by molar-refractivity contribution is 6.32. The Balaban J connectivity index is 1.60. The molecule has 0 unspecified atom stereocenters. The van der Waals surface area contributed by atoms with Crippen molar-refractivity contribution in [1.29, 1.82) is 0 Å². The zero-order chi connectivity index (χ0) is 22.0. The highest BCUT2D eigenvalue weighted by Gasteiger charge is 2.17. The van der Waals surface area contributed by atoms with Crippen LogP contribution in [-0.2, 0) is 13.0 Å². The number of ether oxygens (including phenoxy) is 1. The molecule has 0 fully saturated rings. The first-order chi connectivity index (χ1) is 15.0. The third-order valence-electron chi connectivity index (χ3n) is 4.80. The molecule has 0 aliphatic rings. The number of fused-ring (bicyclic) bond motifs is 1. The molecule has 158 valence electrons. The summed E-state index contributed by atoms with van der Waals surface area (Å²) < 4.78 is 6.81. The molecular weight excluding hydrogens is 422 g/mol. The Labute approximate surface area is 181 Å². The molecule has 0 bridgehead atoms. The zero-order valence-corrected chi connectivity index (χ0v) is 17.2. The number of H-pyrrole nitrogens is 1. The molecule has 31 heavy (non-hydrogen) atoms. The second-order valence-corrected chi connectivity index (χ2v) is 7.13. The van der Waals surface area contributed by atoms with Gasteiger partial charge in [-0.25, -0.2) is 4.98 Å². The smallest absolute Gasteiger partial charge is 0.266 e. The molecule has 2 aromatic carbocycles. The van der Waals surface area contributed by atoms with Crippen molar-refractivity contribution in [2.75, 3.05) is 12.4 Å². The standard InChI is InChI=1S/C21H18ClN5O4/c1-31-16-5-3-2-4-12(16)8-9-27-11-23-18-17(21(27)30)19(26-25-18)24-20(29)13-6-7-15(28)14(22)10-13/h2-7,10-11,28H,8-9H2,1H3,(H2,24,25,26,29). The lowest BCUT2D eigenvalue weighted by atomic mass is 10.1. The van der Waals surface area contributed by atoms with Crippen molar-refractivity contribution in [2.24, 2.45) is 0 Å². The average Bonchev–Trinajstić information content (AvgIpc) is 3.18. The summed E-state index contributed by atoms with van der Waals surface area (Å²) in [6.07, 6.45) is 1.99. The van der Waals surface area contributed by atoms with Crippen LogP contribution in [0.1, 0.15) is 15.9 Å². The van der Waals surface area contributed by atoms with E-state index in [1.807, 2.05) is 24.3 Å². The maximum atomic E-state index is 13.0. The fourth-order valence-electron chi connectivity index (χ4n) is 3.18. The lowest BCUT2D eigenvalue weighted by Gasteiger charge is -2.09. The van der Waals surface area contributed by atoms with Crippen LogP contribution < -0.4 is 15.6 Å². The second-order valence-electron chi connectivity index (χ2n) is 6.72. The number of amides is 1. The number of hydrogen-bond donors (Lipinski definition) is 3. The van der Waals surface area contributed by atoms with E-state index in [1.165, 1.54) is 29.1 Å². The average molecular weight is 440 g/mol. The molecule has 0 atom stereocenters. The van der Waals surface area contributed by atoms with Crippen LogP contribution in [0.5, 0.6) is 11.5 Å². The van der Waals surface area contributed by atoms with E-state index >= 15 is 0 Å². The number of phenols is 1. The van der Waals surface area contributed by atoms with Crippen LogP contribution in [0.25, 0.3) is 11.0 Å². The van der Waals surface area contributed by atoms with E-state index in [-0.39, 0.29) is 38.7 Å². The Hall–Kier alpha value is -3.85. The number of nitrogens with one attached hydrogen (secondary N) is 2. The lowest BCUT2D eigenvalue weighted by Crippen LogP contribution is -2.22. The number of benzene rings is 2. The van der Waals surface area contributed by atoms with E-state index < -0.39 is 5.91 Å². The van der Waals surface area contributed by atoms with E-state index in [9.17, 15) is 14.7 Å². The van der Waals surface area contributed by atoms with Crippen LogP contribution >= 0.6 is 11.6 Å². The summed E-state index contributed by atoms with van der Waals surface area (Å²) in [7, 11) is 1.60. The normalized spacial score (nSPS) is 10.9. The number of para-hydroxylation sites is 1. The highest BCUT2D eigenvalue weighted by atomic mass is 35.5. The minimum atomic E-state index is -0.529. The molecule has 9 nitrogen and oxygen atoms in total. The number of halogens is 1. The SMILES string of the molecule is COc1ccccc1CCn1cnc2[nH]nc(NC(=O)c3ccc(O)c(Cl)c3)c2c1=O. The summed E-state index contributed by atoms with van der Waals surface area (Å²) in [5.74, 6) is 0.145. The molecule has 4 aromatic rings. The Morgan fingerprint density at radius 2 is 2.10 bits per heavy atom. The van der Waals surface area contributed by atoms with Gasteiger partial charge in [-0.3, -0.25) is 19.3 Å². The largest absolute Gasteiger partial charge is 0.506 e. The fraction of sp³-hybridized carbons (Fsp3) is 0.143. The van der Waals surface area contributed by atoms with Crippen LogP contribution in [0.2, 0.25) is 5.02 Å². The number of methoxy groups -OCH3 is 1. The molecule has 0 saturated carbocycles. The number of phenolic OH excluding ortho intramolecular Hbond substituents is 1. The van der Waals surface area contributed by atoms with Crippen LogP contribution in [-0.4, -0.2) is 37.9 Å². The van der Waals surface area contributed by atoms with E-state index in [4.69, 9.17) is 16.3 Å². The number of hydrogen-bond acceptors (Lipinski definition) is 6. The van der Waals surface area contributed by atoms with E-state index in [0.29, 0.717) is 13.0 Å². The van der Waals surface area contributed by atoms with E-state index in [2.05, 4.69) is 20.5 Å². The van der Waals surface area contributed by atoms with Gasteiger partial charge in [0, 0.05) is 12.1 Å². The van der Waals surface area contributed by atoms with E-state index in [0.717, 1.165) is 11.3 Å². The van der Waals surface area contributed by atoms with Gasteiger partial charge in [0.05, 0.1) is 18.5 Å². The third-order valence-corrected chi connectivity index (χ3v) is 5.11. The predicted octanol–water partition coefficient (Wildman–Crippen LogP) is 2.98. The number of anilines is 1. The van der Waals surface area contributed by atoms with Gasteiger partial charge in [0.15, 0.2) is 11.5 Å². The van der Waals surface area contributed by atoms with Crippen molar-refractivity contribution < 1.29 is 14.6 Å². The first-order valence-corrected chi connectivity index (χ1v) is 9.71. The number of rotatable bonds is 6. The van der Waals surface area contributed by atoms with Gasteiger partial charge in [-0.1, -0.05) is 29.8 Å².